The summed E-state index contributed by atoms with van der Waals surface area (Å²) < 4.78 is 6.31. The van der Waals surface area contributed by atoms with Gasteiger partial charge in [-0.05, 0) is 90.5 Å². The number of hydrogen-bond acceptors (Lipinski definition) is 2. The number of nitriles is 1. The van der Waals surface area contributed by atoms with E-state index in [2.05, 4.69) is 121 Å². The number of ether oxygens (including phenoxy) is 1. The predicted octanol–water partition coefficient (Wildman–Crippen LogP) is 11.3. The summed E-state index contributed by atoms with van der Waals surface area (Å²) in [5.74, 6) is 1.63. The minimum atomic E-state index is 0.661. The van der Waals surface area contributed by atoms with Gasteiger partial charge in [0.15, 0.2) is 0 Å². The standard InChI is InChI=1S/C41H23NO/c42-24-29-18-21-40-41-31(29)10-5-11-35(41)38-22-28(17-20-39(38)43-40)25-12-14-27(15-13-25)36-23-37-30-7-2-1-6-26(30)16-19-34(37)32-8-3-4-9-33(32)36/h1-23H. The van der Waals surface area contributed by atoms with Crippen molar-refractivity contribution in [3.05, 3.63) is 145 Å². The lowest BCUT2D eigenvalue weighted by atomic mass is 9.89. The average Bonchev–Trinajstić information content (AvgIpc) is 3.08. The first-order chi connectivity index (χ1) is 21.3. The van der Waals surface area contributed by atoms with Crippen LogP contribution in [0.1, 0.15) is 5.56 Å². The zero-order valence-electron chi connectivity index (χ0n) is 23.1. The van der Waals surface area contributed by atoms with E-state index < -0.39 is 0 Å². The highest BCUT2D eigenvalue weighted by atomic mass is 16.5. The molecule has 2 nitrogen and oxygen atoms in total. The van der Waals surface area contributed by atoms with Crippen molar-refractivity contribution in [1.82, 2.24) is 0 Å². The monoisotopic (exact) mass is 545 g/mol. The van der Waals surface area contributed by atoms with Gasteiger partial charge in [-0.25, -0.2) is 0 Å². The molecule has 0 unspecified atom stereocenters. The number of rotatable bonds is 2. The number of hydrogen-bond donors (Lipinski definition) is 0. The van der Waals surface area contributed by atoms with Gasteiger partial charge in [0.05, 0.1) is 11.6 Å². The molecule has 0 amide bonds. The second-order valence-corrected chi connectivity index (χ2v) is 11.2. The van der Waals surface area contributed by atoms with Crippen molar-refractivity contribution in [3.8, 4) is 50.9 Å². The lowest BCUT2D eigenvalue weighted by Gasteiger charge is -2.22. The molecule has 0 aromatic heterocycles. The normalized spacial score (nSPS) is 11.9. The van der Waals surface area contributed by atoms with Crippen molar-refractivity contribution in [2.24, 2.45) is 0 Å². The van der Waals surface area contributed by atoms with Crippen LogP contribution in [-0.2, 0) is 0 Å². The zero-order valence-corrected chi connectivity index (χ0v) is 23.1. The molecule has 0 bridgehead atoms. The quantitative estimate of drug-likeness (QED) is 0.202. The minimum absolute atomic E-state index is 0.661. The van der Waals surface area contributed by atoms with Gasteiger partial charge in [0, 0.05) is 16.3 Å². The van der Waals surface area contributed by atoms with Crippen molar-refractivity contribution in [2.75, 3.05) is 0 Å². The largest absolute Gasteiger partial charge is 0.456 e. The first-order valence-electron chi connectivity index (χ1n) is 14.5. The van der Waals surface area contributed by atoms with E-state index in [9.17, 15) is 5.26 Å². The van der Waals surface area contributed by atoms with Crippen molar-refractivity contribution >= 4 is 43.1 Å². The Kier molecular flexibility index (Phi) is 5.00. The fourth-order valence-electron chi connectivity index (χ4n) is 6.85. The van der Waals surface area contributed by atoms with Crippen molar-refractivity contribution in [3.63, 3.8) is 0 Å². The molecule has 8 aromatic carbocycles. The van der Waals surface area contributed by atoms with E-state index in [0.717, 1.165) is 44.5 Å². The molecular weight excluding hydrogens is 522 g/mol. The molecule has 0 atom stereocenters. The van der Waals surface area contributed by atoms with Crippen molar-refractivity contribution in [1.29, 1.82) is 5.26 Å². The molecule has 2 heteroatoms. The van der Waals surface area contributed by atoms with E-state index in [1.807, 2.05) is 24.3 Å². The molecule has 43 heavy (non-hydrogen) atoms. The molecule has 0 saturated heterocycles. The minimum Gasteiger partial charge on any atom is -0.456 e. The Hall–Kier alpha value is -5.91. The molecule has 0 aliphatic carbocycles. The third-order valence-electron chi connectivity index (χ3n) is 8.91. The van der Waals surface area contributed by atoms with Crippen LogP contribution in [0.5, 0.6) is 11.5 Å². The number of benzene rings is 8. The molecule has 1 aliphatic heterocycles. The molecule has 0 saturated carbocycles. The molecular formula is C41H23NO. The Morgan fingerprint density at radius 1 is 0.419 bits per heavy atom. The van der Waals surface area contributed by atoms with E-state index >= 15 is 0 Å². The Bertz CT molecular complexity index is 2480. The van der Waals surface area contributed by atoms with Gasteiger partial charge in [-0.1, -0.05) is 109 Å². The van der Waals surface area contributed by atoms with E-state index in [-0.39, 0.29) is 0 Å². The Morgan fingerprint density at radius 3 is 1.98 bits per heavy atom. The highest BCUT2D eigenvalue weighted by molar-refractivity contribution is 6.21. The van der Waals surface area contributed by atoms with E-state index in [1.165, 1.54) is 43.4 Å². The third-order valence-corrected chi connectivity index (χ3v) is 8.91. The summed E-state index contributed by atoms with van der Waals surface area (Å²) in [6.07, 6.45) is 0. The van der Waals surface area contributed by atoms with Gasteiger partial charge < -0.3 is 4.74 Å². The maximum absolute atomic E-state index is 9.67. The van der Waals surface area contributed by atoms with Crippen LogP contribution in [-0.4, -0.2) is 0 Å². The van der Waals surface area contributed by atoms with Crippen LogP contribution < -0.4 is 4.74 Å². The number of fused-ring (bicyclic) bond motifs is 7. The van der Waals surface area contributed by atoms with Crippen LogP contribution in [0.3, 0.4) is 0 Å². The molecule has 8 aromatic rings. The van der Waals surface area contributed by atoms with Gasteiger partial charge in [0.2, 0.25) is 0 Å². The molecule has 0 radical (unpaired) electrons. The van der Waals surface area contributed by atoms with Crippen LogP contribution in [0.15, 0.2) is 140 Å². The third kappa shape index (κ3) is 3.52. The summed E-state index contributed by atoms with van der Waals surface area (Å²) in [6.45, 7) is 0. The molecule has 1 heterocycles. The Morgan fingerprint density at radius 2 is 1.12 bits per heavy atom. The summed E-state index contributed by atoms with van der Waals surface area (Å²) >= 11 is 0. The van der Waals surface area contributed by atoms with Gasteiger partial charge >= 0.3 is 0 Å². The molecule has 9 rings (SSSR count). The van der Waals surface area contributed by atoms with Crippen LogP contribution in [0.25, 0.3) is 76.5 Å². The lowest BCUT2D eigenvalue weighted by molar-refractivity contribution is 0.487. The fourth-order valence-corrected chi connectivity index (χ4v) is 6.85. The lowest BCUT2D eigenvalue weighted by Crippen LogP contribution is -1.98. The molecule has 0 N–H and O–H groups in total. The predicted molar refractivity (Wildman–Crippen MR) is 178 cm³/mol. The maximum Gasteiger partial charge on any atom is 0.136 e. The second kappa shape index (κ2) is 9.05. The van der Waals surface area contributed by atoms with Gasteiger partial charge in [-0.2, -0.15) is 5.26 Å². The molecule has 0 spiro atoms. The van der Waals surface area contributed by atoms with E-state index in [0.29, 0.717) is 5.56 Å². The van der Waals surface area contributed by atoms with E-state index in [4.69, 9.17) is 4.74 Å². The summed E-state index contributed by atoms with van der Waals surface area (Å²) in [5, 5.41) is 19.2. The second-order valence-electron chi connectivity index (χ2n) is 11.2. The summed E-state index contributed by atoms with van der Waals surface area (Å²) in [5.41, 5.74) is 7.50. The van der Waals surface area contributed by atoms with Gasteiger partial charge in [0.25, 0.3) is 0 Å². The van der Waals surface area contributed by atoms with Crippen molar-refractivity contribution in [2.45, 2.75) is 0 Å². The summed E-state index contributed by atoms with van der Waals surface area (Å²) in [6, 6.07) is 51.7. The van der Waals surface area contributed by atoms with Gasteiger partial charge in [0.1, 0.15) is 11.5 Å². The highest BCUT2D eigenvalue weighted by Gasteiger charge is 2.22. The molecule has 198 valence electrons. The smallest absolute Gasteiger partial charge is 0.136 e. The highest BCUT2D eigenvalue weighted by Crippen LogP contribution is 2.48. The summed E-state index contributed by atoms with van der Waals surface area (Å²) in [4.78, 5) is 0. The SMILES string of the molecule is N#Cc1ccc2c3c(cccc13)-c1cc(-c3ccc(-c4cc5c6ccccc6ccc5c5ccccc45)cc3)ccc1O2. The first kappa shape index (κ1) is 23.8. The van der Waals surface area contributed by atoms with Gasteiger partial charge in [-0.15, -0.1) is 0 Å². The van der Waals surface area contributed by atoms with Crippen LogP contribution >= 0.6 is 0 Å². The Balaban J connectivity index is 1.18. The van der Waals surface area contributed by atoms with Crippen LogP contribution in [0.4, 0.5) is 0 Å². The average molecular weight is 546 g/mol. The number of nitrogens with zero attached hydrogens (tertiary/aromatic N) is 1. The van der Waals surface area contributed by atoms with Crippen LogP contribution in [0, 0.1) is 11.3 Å². The maximum atomic E-state index is 9.67. The fraction of sp³-hybridized carbons (Fsp3) is 0. The Labute approximate surface area is 248 Å². The first-order valence-corrected chi connectivity index (χ1v) is 14.5. The van der Waals surface area contributed by atoms with Crippen molar-refractivity contribution < 1.29 is 4.74 Å². The molecule has 0 fully saturated rings. The van der Waals surface area contributed by atoms with E-state index in [1.54, 1.807) is 0 Å². The topological polar surface area (TPSA) is 33.0 Å². The molecule has 1 aliphatic rings. The summed E-state index contributed by atoms with van der Waals surface area (Å²) in [7, 11) is 0. The van der Waals surface area contributed by atoms with Gasteiger partial charge in [-0.3, -0.25) is 0 Å². The van der Waals surface area contributed by atoms with Crippen LogP contribution in [0.2, 0.25) is 0 Å². The zero-order chi connectivity index (χ0) is 28.5.